The highest BCUT2D eigenvalue weighted by atomic mass is 19.4. The standard InChI is InChI=1S/C24H20F3N5O4/c1-35-20-9-6-16(13-21(20)36-24(25,26)27)18-3-2-12-32(31-18)23(34)15-4-7-17(8-5-15)30-22(33)19-14-28-10-11-29-19/h4-11,13-14H,2-3,12H2,1H3,(H,30,33). The Balaban J connectivity index is 1.49. The molecule has 186 valence electrons. The molecule has 0 spiro atoms. The fourth-order valence-corrected chi connectivity index (χ4v) is 3.51. The van der Waals surface area contributed by atoms with Gasteiger partial charge in [0, 0.05) is 35.8 Å². The van der Waals surface area contributed by atoms with E-state index in [-0.39, 0.29) is 17.4 Å². The fraction of sp³-hybridized carbons (Fsp3) is 0.208. The Bertz CT molecular complexity index is 1280. The average molecular weight is 499 g/mol. The molecule has 1 aliphatic rings. The SMILES string of the molecule is COc1ccc(C2=NN(C(=O)c3ccc(NC(=O)c4cnccn4)cc3)CCC2)cc1OC(F)(F)F. The molecule has 12 heteroatoms. The van der Waals surface area contributed by atoms with Crippen molar-refractivity contribution in [2.24, 2.45) is 5.10 Å². The Morgan fingerprint density at radius 2 is 1.83 bits per heavy atom. The van der Waals surface area contributed by atoms with Crippen molar-refractivity contribution in [2.45, 2.75) is 19.2 Å². The van der Waals surface area contributed by atoms with E-state index in [1.165, 1.54) is 42.8 Å². The van der Waals surface area contributed by atoms with Crippen LogP contribution >= 0.6 is 0 Å². The zero-order valence-corrected chi connectivity index (χ0v) is 19.0. The number of anilines is 1. The van der Waals surface area contributed by atoms with Gasteiger partial charge >= 0.3 is 6.36 Å². The van der Waals surface area contributed by atoms with Crippen LogP contribution in [0.1, 0.15) is 39.3 Å². The van der Waals surface area contributed by atoms with E-state index in [1.807, 2.05) is 0 Å². The minimum atomic E-state index is -4.89. The van der Waals surface area contributed by atoms with Gasteiger partial charge in [0.05, 0.1) is 19.0 Å². The normalized spacial score (nSPS) is 13.6. The number of alkyl halides is 3. The van der Waals surface area contributed by atoms with Crippen LogP contribution in [0, 0.1) is 0 Å². The summed E-state index contributed by atoms with van der Waals surface area (Å²) in [4.78, 5) is 33.0. The fourth-order valence-electron chi connectivity index (χ4n) is 3.51. The molecule has 2 amide bonds. The summed E-state index contributed by atoms with van der Waals surface area (Å²) in [5.41, 5.74) is 1.76. The van der Waals surface area contributed by atoms with E-state index in [4.69, 9.17) is 4.74 Å². The number of hydrogen-bond donors (Lipinski definition) is 1. The second-order valence-electron chi connectivity index (χ2n) is 7.61. The van der Waals surface area contributed by atoms with Gasteiger partial charge in [-0.2, -0.15) is 5.10 Å². The van der Waals surface area contributed by atoms with Crippen LogP contribution in [0.3, 0.4) is 0 Å². The number of amides is 2. The summed E-state index contributed by atoms with van der Waals surface area (Å²) in [6.07, 6.45) is 0.339. The van der Waals surface area contributed by atoms with E-state index in [9.17, 15) is 22.8 Å². The van der Waals surface area contributed by atoms with Crippen LogP contribution in [-0.2, 0) is 0 Å². The molecule has 0 saturated heterocycles. The van der Waals surface area contributed by atoms with Crippen molar-refractivity contribution in [3.05, 3.63) is 77.9 Å². The first-order chi connectivity index (χ1) is 17.2. The molecule has 2 aromatic carbocycles. The molecule has 0 bridgehead atoms. The predicted molar refractivity (Wildman–Crippen MR) is 123 cm³/mol. The molecule has 0 unspecified atom stereocenters. The van der Waals surface area contributed by atoms with Gasteiger partial charge in [0.1, 0.15) is 5.69 Å². The molecular weight excluding hydrogens is 479 g/mol. The van der Waals surface area contributed by atoms with E-state index in [1.54, 1.807) is 30.3 Å². The highest BCUT2D eigenvalue weighted by molar-refractivity contribution is 6.04. The largest absolute Gasteiger partial charge is 0.573 e. The molecule has 4 rings (SSSR count). The number of hydrazone groups is 1. The maximum absolute atomic E-state index is 13.0. The van der Waals surface area contributed by atoms with Crippen molar-refractivity contribution in [3.63, 3.8) is 0 Å². The van der Waals surface area contributed by atoms with Gasteiger partial charge in [-0.05, 0) is 55.3 Å². The minimum Gasteiger partial charge on any atom is -0.493 e. The van der Waals surface area contributed by atoms with E-state index in [2.05, 4.69) is 25.1 Å². The molecule has 1 aromatic heterocycles. The Morgan fingerprint density at radius 1 is 1.06 bits per heavy atom. The number of benzene rings is 2. The van der Waals surface area contributed by atoms with Gasteiger partial charge in [0.15, 0.2) is 11.5 Å². The zero-order chi connectivity index (χ0) is 25.7. The maximum Gasteiger partial charge on any atom is 0.573 e. The van der Waals surface area contributed by atoms with Gasteiger partial charge in [0.2, 0.25) is 0 Å². The van der Waals surface area contributed by atoms with Crippen molar-refractivity contribution in [2.75, 3.05) is 19.0 Å². The van der Waals surface area contributed by atoms with E-state index >= 15 is 0 Å². The summed E-state index contributed by atoms with van der Waals surface area (Å²) in [6, 6.07) is 10.3. The number of nitrogens with one attached hydrogen (secondary N) is 1. The summed E-state index contributed by atoms with van der Waals surface area (Å²) in [5, 5.41) is 8.30. The second kappa shape index (κ2) is 10.4. The summed E-state index contributed by atoms with van der Waals surface area (Å²) < 4.78 is 47.4. The summed E-state index contributed by atoms with van der Waals surface area (Å²) in [6.45, 7) is 0.343. The number of carbonyl (C=O) groups is 2. The van der Waals surface area contributed by atoms with E-state index in [0.29, 0.717) is 41.9 Å². The molecule has 2 heterocycles. The van der Waals surface area contributed by atoms with Gasteiger partial charge in [-0.3, -0.25) is 14.6 Å². The van der Waals surface area contributed by atoms with Crippen LogP contribution in [0.5, 0.6) is 11.5 Å². The number of nitrogens with zero attached hydrogens (tertiary/aromatic N) is 4. The summed E-state index contributed by atoms with van der Waals surface area (Å²) in [5.74, 6) is -1.40. The van der Waals surface area contributed by atoms with Crippen LogP contribution in [0.2, 0.25) is 0 Å². The molecule has 3 aromatic rings. The molecule has 0 radical (unpaired) electrons. The van der Waals surface area contributed by atoms with Crippen LogP contribution in [-0.4, -0.2) is 52.5 Å². The Kier molecular flexibility index (Phi) is 7.13. The molecular formula is C24H20F3N5O4. The maximum atomic E-state index is 13.0. The molecule has 9 nitrogen and oxygen atoms in total. The van der Waals surface area contributed by atoms with Crippen LogP contribution in [0.4, 0.5) is 18.9 Å². The number of halogens is 3. The lowest BCUT2D eigenvalue weighted by atomic mass is 10.0. The third-order valence-electron chi connectivity index (χ3n) is 5.17. The lowest BCUT2D eigenvalue weighted by Crippen LogP contribution is -2.32. The monoisotopic (exact) mass is 499 g/mol. The molecule has 0 fully saturated rings. The highest BCUT2D eigenvalue weighted by Crippen LogP contribution is 2.34. The number of carbonyl (C=O) groups excluding carboxylic acids is 2. The van der Waals surface area contributed by atoms with Crippen molar-refractivity contribution >= 4 is 23.2 Å². The van der Waals surface area contributed by atoms with Gasteiger partial charge in [-0.25, -0.2) is 9.99 Å². The van der Waals surface area contributed by atoms with Gasteiger partial charge in [0.25, 0.3) is 11.8 Å². The number of rotatable bonds is 6. The van der Waals surface area contributed by atoms with Crippen molar-refractivity contribution in [1.29, 1.82) is 0 Å². The van der Waals surface area contributed by atoms with Gasteiger partial charge < -0.3 is 14.8 Å². The number of ether oxygens (including phenoxy) is 2. The number of methoxy groups -OCH3 is 1. The first-order valence-electron chi connectivity index (χ1n) is 10.7. The Morgan fingerprint density at radius 3 is 2.50 bits per heavy atom. The molecule has 0 aliphatic carbocycles. The first kappa shape index (κ1) is 24.6. The van der Waals surface area contributed by atoms with Crippen molar-refractivity contribution in [1.82, 2.24) is 15.0 Å². The van der Waals surface area contributed by atoms with Crippen LogP contribution in [0.15, 0.2) is 66.2 Å². The molecule has 0 saturated carbocycles. The Labute approximate surface area is 203 Å². The molecule has 1 N–H and O–H groups in total. The van der Waals surface area contributed by atoms with Crippen LogP contribution in [0.25, 0.3) is 0 Å². The van der Waals surface area contributed by atoms with E-state index < -0.39 is 18.0 Å². The molecule has 0 atom stereocenters. The number of hydrogen-bond acceptors (Lipinski definition) is 7. The molecule has 36 heavy (non-hydrogen) atoms. The molecule has 1 aliphatic heterocycles. The minimum absolute atomic E-state index is 0.0769. The van der Waals surface area contributed by atoms with Crippen molar-refractivity contribution in [3.8, 4) is 11.5 Å². The Hall–Kier alpha value is -4.48. The second-order valence-corrected chi connectivity index (χ2v) is 7.61. The lowest BCUT2D eigenvalue weighted by molar-refractivity contribution is -0.275. The van der Waals surface area contributed by atoms with E-state index in [0.717, 1.165) is 0 Å². The topological polar surface area (TPSA) is 106 Å². The highest BCUT2D eigenvalue weighted by Gasteiger charge is 2.33. The van der Waals surface area contributed by atoms with Crippen LogP contribution < -0.4 is 14.8 Å². The summed E-state index contributed by atoms with van der Waals surface area (Å²) >= 11 is 0. The quantitative estimate of drug-likeness (QED) is 0.543. The van der Waals surface area contributed by atoms with Gasteiger partial charge in [-0.15, -0.1) is 13.2 Å². The third kappa shape index (κ3) is 5.95. The zero-order valence-electron chi connectivity index (χ0n) is 19.0. The third-order valence-corrected chi connectivity index (χ3v) is 5.17. The number of aromatic nitrogens is 2. The smallest absolute Gasteiger partial charge is 0.493 e. The predicted octanol–water partition coefficient (Wildman–Crippen LogP) is 4.28. The summed E-state index contributed by atoms with van der Waals surface area (Å²) in [7, 11) is 1.24. The first-order valence-corrected chi connectivity index (χ1v) is 10.7. The lowest BCUT2D eigenvalue weighted by Gasteiger charge is -2.24. The van der Waals surface area contributed by atoms with Crippen molar-refractivity contribution < 1.29 is 32.2 Å². The van der Waals surface area contributed by atoms with Gasteiger partial charge in [-0.1, -0.05) is 0 Å². The average Bonchev–Trinajstić information content (AvgIpc) is 2.88.